The molecule has 0 aliphatic rings. The number of amides is 4. The minimum atomic E-state index is -0.766. The maximum Gasteiger partial charge on any atom is 0.252 e. The molecule has 14 nitrogen and oxygen atoms in total. The average molecular weight is 533 g/mol. The molecule has 2 aromatic carbocycles. The third-order valence-electron chi connectivity index (χ3n) is 5.14. The zero-order valence-electron chi connectivity index (χ0n) is 20.5. The monoisotopic (exact) mass is 532 g/mol. The van der Waals surface area contributed by atoms with Crippen molar-refractivity contribution < 1.29 is 39.6 Å². The first-order valence-corrected chi connectivity index (χ1v) is 11.6. The Balaban J connectivity index is 3.02. The zero-order valence-corrected chi connectivity index (χ0v) is 20.5. The molecule has 0 atom stereocenters. The second kappa shape index (κ2) is 14.5. The van der Waals surface area contributed by atoms with Gasteiger partial charge in [-0.3, -0.25) is 19.2 Å². The maximum atomic E-state index is 13.2. The number of nitrogens with one attached hydrogen (secondary N) is 4. The van der Waals surface area contributed by atoms with Crippen molar-refractivity contribution >= 4 is 35.0 Å². The quantitative estimate of drug-likeness (QED) is 0.120. The number of aliphatic hydroxyl groups is 4. The van der Waals surface area contributed by atoms with Crippen LogP contribution in [-0.2, 0) is 0 Å². The molecule has 0 bridgehead atoms. The van der Waals surface area contributed by atoms with Crippen LogP contribution in [0.25, 0.3) is 11.1 Å². The number of aliphatic hydroxyl groups excluding tert-OH is 4. The Bertz CT molecular complexity index is 1010. The van der Waals surface area contributed by atoms with E-state index in [-0.39, 0.29) is 70.9 Å². The Morgan fingerprint density at radius 3 is 0.895 bits per heavy atom. The lowest BCUT2D eigenvalue weighted by Gasteiger charge is -2.21. The number of nitrogens with two attached hydrogens (primary N) is 2. The van der Waals surface area contributed by atoms with Crippen molar-refractivity contribution in [3.05, 3.63) is 46.5 Å². The van der Waals surface area contributed by atoms with E-state index >= 15 is 0 Å². The number of hydrogen-bond acceptors (Lipinski definition) is 10. The van der Waals surface area contributed by atoms with Gasteiger partial charge in [0.2, 0.25) is 0 Å². The van der Waals surface area contributed by atoms with E-state index in [0.717, 1.165) is 0 Å². The van der Waals surface area contributed by atoms with Crippen LogP contribution in [0.15, 0.2) is 24.3 Å². The number of hydrogen-bond donors (Lipinski definition) is 10. The first kappa shape index (κ1) is 30.0. The summed E-state index contributed by atoms with van der Waals surface area (Å²) in [5.74, 6) is -3.06. The lowest BCUT2D eigenvalue weighted by molar-refractivity contribution is 0.0927. The number of anilines is 2. The van der Waals surface area contributed by atoms with Crippen molar-refractivity contribution in [2.45, 2.75) is 0 Å². The molecule has 0 aromatic heterocycles. The van der Waals surface area contributed by atoms with Gasteiger partial charge in [-0.1, -0.05) is 0 Å². The molecule has 0 saturated carbocycles. The Labute approximate surface area is 218 Å². The van der Waals surface area contributed by atoms with Crippen molar-refractivity contribution in [3.8, 4) is 11.1 Å². The molecule has 0 unspecified atom stereocenters. The maximum absolute atomic E-state index is 13.2. The molecule has 2 aromatic rings. The van der Waals surface area contributed by atoms with E-state index in [0.29, 0.717) is 0 Å². The summed E-state index contributed by atoms with van der Waals surface area (Å²) in [7, 11) is 0. The number of nitrogen functional groups attached to an aromatic ring is 2. The number of benzene rings is 2. The summed E-state index contributed by atoms with van der Waals surface area (Å²) in [5, 5.41) is 46.6. The number of carbonyl (C=O) groups is 4. The molecule has 12 N–H and O–H groups in total. The Hall–Kier alpha value is -4.24. The van der Waals surface area contributed by atoms with Crippen molar-refractivity contribution in [2.75, 3.05) is 64.1 Å². The van der Waals surface area contributed by atoms with Crippen LogP contribution in [0.3, 0.4) is 0 Å². The van der Waals surface area contributed by atoms with Crippen LogP contribution in [-0.4, -0.2) is 96.7 Å². The third kappa shape index (κ3) is 7.39. The molecule has 0 fully saturated rings. The predicted octanol–water partition coefficient (Wildman–Crippen LogP) is -2.59. The Kier molecular flexibility index (Phi) is 11.4. The standard InChI is InChI=1S/C24H32N6O8/c25-13-9-15(21(35)27-1-5-31)19(16(10-13)22(36)28-2-6-32)20-17(23(37)29-3-7-33)11-14(26)12-18(20)24(38)30-4-8-34/h9-12,31-34H,1-8,25-26H2,(H,27,35)(H,28,36)(H,29,37)(H,30,38). The zero-order chi connectivity index (χ0) is 28.2. The third-order valence-corrected chi connectivity index (χ3v) is 5.14. The van der Waals surface area contributed by atoms with E-state index in [1.54, 1.807) is 0 Å². The smallest absolute Gasteiger partial charge is 0.252 e. The number of carbonyl (C=O) groups excluding carboxylic acids is 4. The minimum absolute atomic E-state index is 0.00468. The van der Waals surface area contributed by atoms with E-state index in [9.17, 15) is 39.6 Å². The molecular weight excluding hydrogens is 500 g/mol. The van der Waals surface area contributed by atoms with E-state index in [1.807, 2.05) is 0 Å². The molecule has 38 heavy (non-hydrogen) atoms. The summed E-state index contributed by atoms with van der Waals surface area (Å²) in [4.78, 5) is 52.7. The van der Waals surface area contributed by atoms with Gasteiger partial charge < -0.3 is 53.2 Å². The first-order valence-electron chi connectivity index (χ1n) is 11.6. The van der Waals surface area contributed by atoms with Crippen LogP contribution in [0.2, 0.25) is 0 Å². The van der Waals surface area contributed by atoms with Gasteiger partial charge in [-0.05, 0) is 24.3 Å². The van der Waals surface area contributed by atoms with Gasteiger partial charge in [0.1, 0.15) is 0 Å². The summed E-state index contributed by atoms with van der Waals surface area (Å²) in [6, 6.07) is 4.97. The summed E-state index contributed by atoms with van der Waals surface area (Å²) in [5.41, 5.74) is 11.0. The highest BCUT2D eigenvalue weighted by Gasteiger charge is 2.29. The van der Waals surface area contributed by atoms with E-state index in [2.05, 4.69) is 21.3 Å². The summed E-state index contributed by atoms with van der Waals surface area (Å²) in [6.45, 7) is -2.14. The highest BCUT2D eigenvalue weighted by molar-refractivity contribution is 6.17. The summed E-state index contributed by atoms with van der Waals surface area (Å²) < 4.78 is 0. The normalized spacial score (nSPS) is 10.5. The SMILES string of the molecule is Nc1cc(C(=O)NCCO)c(-c2c(C(=O)NCCO)cc(N)cc2C(=O)NCCO)c(C(=O)NCCO)c1. The van der Waals surface area contributed by atoms with Gasteiger partial charge in [-0.15, -0.1) is 0 Å². The van der Waals surface area contributed by atoms with Gasteiger partial charge >= 0.3 is 0 Å². The first-order chi connectivity index (χ1) is 18.2. The second-order valence-electron chi connectivity index (χ2n) is 7.90. The molecule has 0 aliphatic carbocycles. The molecule has 0 radical (unpaired) electrons. The van der Waals surface area contributed by atoms with Crippen LogP contribution in [0.5, 0.6) is 0 Å². The van der Waals surface area contributed by atoms with Crippen LogP contribution in [0, 0.1) is 0 Å². The van der Waals surface area contributed by atoms with Gasteiger partial charge in [-0.2, -0.15) is 0 Å². The molecule has 0 aliphatic heterocycles. The topological polar surface area (TPSA) is 249 Å². The molecular formula is C24H32N6O8. The fraction of sp³-hybridized carbons (Fsp3) is 0.333. The van der Waals surface area contributed by atoms with E-state index < -0.39 is 50.1 Å². The van der Waals surface area contributed by atoms with Gasteiger partial charge in [0.25, 0.3) is 23.6 Å². The summed E-state index contributed by atoms with van der Waals surface area (Å²) in [6.07, 6.45) is 0. The highest BCUT2D eigenvalue weighted by Crippen LogP contribution is 2.37. The van der Waals surface area contributed by atoms with Crippen molar-refractivity contribution in [1.29, 1.82) is 0 Å². The van der Waals surface area contributed by atoms with Crippen molar-refractivity contribution in [2.24, 2.45) is 0 Å². The predicted molar refractivity (Wildman–Crippen MR) is 138 cm³/mol. The fourth-order valence-corrected chi connectivity index (χ4v) is 3.64. The lowest BCUT2D eigenvalue weighted by atomic mass is 9.85. The minimum Gasteiger partial charge on any atom is -0.399 e. The van der Waals surface area contributed by atoms with Crippen molar-refractivity contribution in [1.82, 2.24) is 21.3 Å². The largest absolute Gasteiger partial charge is 0.399 e. The summed E-state index contributed by atoms with van der Waals surface area (Å²) >= 11 is 0. The lowest BCUT2D eigenvalue weighted by Crippen LogP contribution is -2.32. The van der Waals surface area contributed by atoms with Crippen LogP contribution in [0.1, 0.15) is 41.4 Å². The number of rotatable bonds is 13. The molecule has 4 amide bonds. The molecule has 0 saturated heterocycles. The van der Waals surface area contributed by atoms with Gasteiger partial charge in [0, 0.05) is 48.7 Å². The fourth-order valence-electron chi connectivity index (χ4n) is 3.64. The Morgan fingerprint density at radius 2 is 0.711 bits per heavy atom. The molecule has 0 heterocycles. The highest BCUT2D eigenvalue weighted by atomic mass is 16.3. The van der Waals surface area contributed by atoms with Gasteiger partial charge in [0.15, 0.2) is 0 Å². The molecule has 14 heteroatoms. The van der Waals surface area contributed by atoms with Crippen LogP contribution < -0.4 is 32.7 Å². The van der Waals surface area contributed by atoms with Crippen LogP contribution in [0.4, 0.5) is 11.4 Å². The van der Waals surface area contributed by atoms with Gasteiger partial charge in [-0.25, -0.2) is 0 Å². The average Bonchev–Trinajstić information content (AvgIpc) is 2.91. The second-order valence-corrected chi connectivity index (χ2v) is 7.90. The van der Waals surface area contributed by atoms with E-state index in [4.69, 9.17) is 11.5 Å². The van der Waals surface area contributed by atoms with Crippen molar-refractivity contribution in [3.63, 3.8) is 0 Å². The molecule has 2 rings (SSSR count). The Morgan fingerprint density at radius 1 is 0.500 bits per heavy atom. The molecule has 206 valence electrons. The van der Waals surface area contributed by atoms with E-state index in [1.165, 1.54) is 24.3 Å². The molecule has 0 spiro atoms. The van der Waals surface area contributed by atoms with Gasteiger partial charge in [0.05, 0.1) is 48.7 Å². The van der Waals surface area contributed by atoms with Crippen LogP contribution >= 0.6 is 0 Å².